The van der Waals surface area contributed by atoms with E-state index < -0.39 is 5.91 Å². The van der Waals surface area contributed by atoms with Gasteiger partial charge in [0.25, 0.3) is 5.91 Å². The Hall–Kier alpha value is -2.99. The zero-order valence-corrected chi connectivity index (χ0v) is 23.1. The van der Waals surface area contributed by atoms with E-state index in [2.05, 4.69) is 10.2 Å². The average molecular weight is 571 g/mol. The van der Waals surface area contributed by atoms with E-state index in [1.165, 1.54) is 0 Å². The molecule has 0 radical (unpaired) electrons. The van der Waals surface area contributed by atoms with E-state index in [4.69, 9.17) is 21.1 Å². The third-order valence-electron chi connectivity index (χ3n) is 7.31. The first-order valence-corrected chi connectivity index (χ1v) is 14.0. The lowest BCUT2D eigenvalue weighted by Gasteiger charge is -2.33. The topological polar surface area (TPSA) is 116 Å². The van der Waals surface area contributed by atoms with Crippen molar-refractivity contribution in [2.24, 2.45) is 0 Å². The number of ether oxygens (including phenoxy) is 2. The number of carbonyl (C=O) groups excluding carboxylic acids is 1. The van der Waals surface area contributed by atoms with E-state index in [1.807, 2.05) is 33.7 Å². The molecule has 2 aromatic carbocycles. The van der Waals surface area contributed by atoms with Gasteiger partial charge < -0.3 is 29.6 Å². The lowest BCUT2D eigenvalue weighted by molar-refractivity contribution is 0.0341. The van der Waals surface area contributed by atoms with Gasteiger partial charge in [-0.2, -0.15) is 0 Å². The fraction of sp³-hybridized carbons (Fsp3) is 0.448. The van der Waals surface area contributed by atoms with Gasteiger partial charge in [0.1, 0.15) is 17.4 Å². The van der Waals surface area contributed by atoms with Crippen LogP contribution in [0, 0.1) is 0 Å². The Balaban J connectivity index is 1.48. The van der Waals surface area contributed by atoms with Crippen LogP contribution < -0.4 is 15.5 Å². The first-order chi connectivity index (χ1) is 19.4. The normalized spacial score (nSPS) is 17.2. The molecule has 1 aromatic heterocycles. The predicted octanol–water partition coefficient (Wildman–Crippen LogP) is 1.46. The van der Waals surface area contributed by atoms with Crippen LogP contribution in [0.1, 0.15) is 21.5 Å². The Morgan fingerprint density at radius 1 is 1.07 bits per heavy atom. The van der Waals surface area contributed by atoms with E-state index in [1.54, 1.807) is 18.3 Å². The molecule has 214 valence electrons. The molecule has 40 heavy (non-hydrogen) atoms. The molecule has 1 fully saturated rings. The number of rotatable bonds is 11. The van der Waals surface area contributed by atoms with E-state index >= 15 is 0 Å². The number of aromatic nitrogens is 1. The number of halogens is 1. The predicted molar refractivity (Wildman–Crippen MR) is 152 cm³/mol. The highest BCUT2D eigenvalue weighted by Crippen LogP contribution is 2.32. The van der Waals surface area contributed by atoms with Gasteiger partial charge in [-0.1, -0.05) is 23.7 Å². The van der Waals surface area contributed by atoms with E-state index in [0.29, 0.717) is 67.6 Å². The van der Waals surface area contributed by atoms with Crippen molar-refractivity contribution in [3.05, 3.63) is 74.5 Å². The summed E-state index contributed by atoms with van der Waals surface area (Å²) >= 11 is 5.97. The van der Waals surface area contributed by atoms with Crippen LogP contribution in [0.2, 0.25) is 5.02 Å². The molecule has 2 aliphatic rings. The molecule has 3 aromatic rings. The van der Waals surface area contributed by atoms with Crippen molar-refractivity contribution in [2.45, 2.75) is 25.7 Å². The zero-order chi connectivity index (χ0) is 28.1. The number of morpholine rings is 1. The second kappa shape index (κ2) is 13.1. The zero-order valence-electron chi connectivity index (χ0n) is 22.4. The number of aliphatic hydroxyl groups excluding tert-OH is 2. The van der Waals surface area contributed by atoms with Gasteiger partial charge in [-0.15, -0.1) is 0 Å². The van der Waals surface area contributed by atoms with Crippen LogP contribution in [-0.4, -0.2) is 95.7 Å². The summed E-state index contributed by atoms with van der Waals surface area (Å²) in [5.74, 6) is 0.145. The molecule has 3 heterocycles. The Kier molecular flexibility index (Phi) is 9.36. The summed E-state index contributed by atoms with van der Waals surface area (Å²) in [6.45, 7) is 5.44. The molecule has 0 saturated carbocycles. The maximum absolute atomic E-state index is 13.7. The van der Waals surface area contributed by atoms with Gasteiger partial charge >= 0.3 is 0 Å². The Morgan fingerprint density at radius 2 is 1.80 bits per heavy atom. The summed E-state index contributed by atoms with van der Waals surface area (Å²) < 4.78 is 13.8. The van der Waals surface area contributed by atoms with E-state index in [0.717, 1.165) is 24.2 Å². The fourth-order valence-corrected chi connectivity index (χ4v) is 5.46. The van der Waals surface area contributed by atoms with Crippen molar-refractivity contribution >= 4 is 28.4 Å². The van der Waals surface area contributed by atoms with Crippen LogP contribution in [0.15, 0.2) is 47.4 Å². The molecule has 1 unspecified atom stereocenters. The number of pyridine rings is 1. The van der Waals surface area contributed by atoms with Crippen LogP contribution in [0.25, 0.3) is 10.9 Å². The van der Waals surface area contributed by atoms with E-state index in [-0.39, 0.29) is 36.9 Å². The minimum absolute atomic E-state index is 0.0345. The minimum atomic E-state index is -0.448. The Bertz CT molecular complexity index is 1380. The Labute approximate surface area is 237 Å². The fourth-order valence-electron chi connectivity index (χ4n) is 5.34. The first kappa shape index (κ1) is 28.5. The molecule has 3 N–H and O–H groups in total. The number of nitrogens with one attached hydrogen (secondary N) is 1. The lowest BCUT2D eigenvalue weighted by atomic mass is 10.0. The number of carbonyl (C=O) groups is 1. The van der Waals surface area contributed by atoms with Crippen molar-refractivity contribution < 1.29 is 24.5 Å². The highest BCUT2D eigenvalue weighted by atomic mass is 35.5. The molecule has 5 rings (SSSR count). The molecule has 1 saturated heterocycles. The van der Waals surface area contributed by atoms with Gasteiger partial charge in [0.15, 0.2) is 0 Å². The summed E-state index contributed by atoms with van der Waals surface area (Å²) in [6, 6.07) is 11.0. The van der Waals surface area contributed by atoms with Crippen LogP contribution in [0.4, 0.5) is 0 Å². The van der Waals surface area contributed by atoms with Crippen LogP contribution in [-0.2, 0) is 24.4 Å². The molecule has 2 aliphatic heterocycles. The van der Waals surface area contributed by atoms with Crippen molar-refractivity contribution in [1.29, 1.82) is 0 Å². The van der Waals surface area contributed by atoms with Crippen molar-refractivity contribution in [2.75, 3.05) is 59.2 Å². The average Bonchev–Trinajstić information content (AvgIpc) is 2.95. The standard InChI is InChI=1S/C29H35ClN4O6/c30-22-3-1-20(2-4-22)15-31-29(38)25-19-34-18-23(17-32(5-9-35)6-10-36)40-26-14-21(13-24(27(26)34)28(25)37)16-33-7-11-39-12-8-33/h1-4,13-14,19,23,35-36H,5-12,15-18H2,(H,31,38). The second-order valence-electron chi connectivity index (χ2n) is 10.2. The molecule has 0 bridgehead atoms. The number of benzene rings is 2. The smallest absolute Gasteiger partial charge is 0.257 e. The summed E-state index contributed by atoms with van der Waals surface area (Å²) in [6.07, 6.45) is 1.31. The molecular formula is C29H35ClN4O6. The van der Waals surface area contributed by atoms with Crippen LogP contribution in [0.5, 0.6) is 5.75 Å². The molecule has 0 spiro atoms. The summed E-state index contributed by atoms with van der Waals surface area (Å²) in [4.78, 5) is 31.2. The Morgan fingerprint density at radius 3 is 2.50 bits per heavy atom. The third-order valence-corrected chi connectivity index (χ3v) is 7.56. The van der Waals surface area contributed by atoms with Gasteiger partial charge in [-0.3, -0.25) is 19.4 Å². The first-order valence-electron chi connectivity index (χ1n) is 13.6. The van der Waals surface area contributed by atoms with Crippen LogP contribution >= 0.6 is 11.6 Å². The summed E-state index contributed by atoms with van der Waals surface area (Å²) in [5.41, 5.74) is 2.19. The van der Waals surface area contributed by atoms with Crippen molar-refractivity contribution in [3.8, 4) is 5.75 Å². The van der Waals surface area contributed by atoms with Gasteiger partial charge in [0, 0.05) is 57.0 Å². The van der Waals surface area contributed by atoms with Gasteiger partial charge in [0.2, 0.25) is 5.43 Å². The molecule has 1 atom stereocenters. The maximum atomic E-state index is 13.7. The quantitative estimate of drug-likeness (QED) is 0.317. The number of nitrogens with zero attached hydrogens (tertiary/aromatic N) is 3. The molecule has 1 amide bonds. The van der Waals surface area contributed by atoms with E-state index in [9.17, 15) is 19.8 Å². The van der Waals surface area contributed by atoms with Gasteiger partial charge in [-0.05, 0) is 35.4 Å². The number of amides is 1. The molecule has 10 nitrogen and oxygen atoms in total. The minimum Gasteiger partial charge on any atom is -0.485 e. The van der Waals surface area contributed by atoms with Gasteiger partial charge in [-0.25, -0.2) is 0 Å². The van der Waals surface area contributed by atoms with Crippen LogP contribution in [0.3, 0.4) is 0 Å². The lowest BCUT2D eigenvalue weighted by Crippen LogP contribution is -2.43. The van der Waals surface area contributed by atoms with Gasteiger partial charge in [0.05, 0.1) is 43.9 Å². The summed E-state index contributed by atoms with van der Waals surface area (Å²) in [5, 5.41) is 22.9. The van der Waals surface area contributed by atoms with Crippen molar-refractivity contribution in [1.82, 2.24) is 19.7 Å². The number of hydrogen-bond acceptors (Lipinski definition) is 8. The largest absolute Gasteiger partial charge is 0.485 e. The van der Waals surface area contributed by atoms with Crippen molar-refractivity contribution in [3.63, 3.8) is 0 Å². The second-order valence-corrected chi connectivity index (χ2v) is 10.6. The highest BCUT2D eigenvalue weighted by Gasteiger charge is 2.27. The number of hydrogen-bond donors (Lipinski definition) is 3. The highest BCUT2D eigenvalue weighted by molar-refractivity contribution is 6.30. The summed E-state index contributed by atoms with van der Waals surface area (Å²) in [7, 11) is 0. The molecular weight excluding hydrogens is 536 g/mol. The third kappa shape index (κ3) is 6.65. The molecule has 11 heteroatoms. The number of aliphatic hydroxyl groups is 2. The SMILES string of the molecule is O=C(NCc1ccc(Cl)cc1)c1cn2c3c(cc(CN4CCOCC4)cc3c1=O)OC(CN(CCO)CCO)C2. The molecule has 0 aliphatic carbocycles. The maximum Gasteiger partial charge on any atom is 0.257 e. The monoisotopic (exact) mass is 570 g/mol.